The van der Waals surface area contributed by atoms with Gasteiger partial charge in [0.2, 0.25) is 5.56 Å². The summed E-state index contributed by atoms with van der Waals surface area (Å²) in [5.41, 5.74) is 0.284. The largest absolute Gasteiger partial charge is 0.478 e. The Bertz CT molecular complexity index is 701. The molecule has 6 heteroatoms. The van der Waals surface area contributed by atoms with Gasteiger partial charge in [-0.25, -0.2) is 4.79 Å². The molecule has 0 aliphatic carbocycles. The van der Waals surface area contributed by atoms with Gasteiger partial charge in [0.1, 0.15) is 0 Å². The summed E-state index contributed by atoms with van der Waals surface area (Å²) in [6, 6.07) is 8.84. The van der Waals surface area contributed by atoms with Gasteiger partial charge in [0, 0.05) is 19.3 Å². The lowest BCUT2D eigenvalue weighted by Gasteiger charge is -2.19. The molecule has 2 rings (SSSR count). The number of carboxylic acid groups (broad SMARTS) is 1. The highest BCUT2D eigenvalue weighted by Gasteiger charge is 2.19. The van der Waals surface area contributed by atoms with Gasteiger partial charge < -0.3 is 15.0 Å². The van der Waals surface area contributed by atoms with Crippen LogP contribution in [0.15, 0.2) is 47.4 Å². The van der Waals surface area contributed by atoms with E-state index in [2.05, 4.69) is 4.98 Å². The average Bonchev–Trinajstić information content (AvgIpc) is 2.46. The number of hydrogen-bond donors (Lipinski definition) is 2. The predicted molar refractivity (Wildman–Crippen MR) is 73.2 cm³/mol. The fourth-order valence-corrected chi connectivity index (χ4v) is 1.79. The zero-order valence-corrected chi connectivity index (χ0v) is 10.7. The zero-order valence-electron chi connectivity index (χ0n) is 10.7. The highest BCUT2D eigenvalue weighted by Crippen LogP contribution is 2.20. The van der Waals surface area contributed by atoms with Crippen LogP contribution in [0.3, 0.4) is 0 Å². The van der Waals surface area contributed by atoms with Crippen molar-refractivity contribution < 1.29 is 14.7 Å². The molecule has 102 valence electrons. The van der Waals surface area contributed by atoms with Gasteiger partial charge in [0.25, 0.3) is 5.91 Å². The van der Waals surface area contributed by atoms with Gasteiger partial charge in [-0.05, 0) is 18.2 Å². The molecule has 1 amide bonds. The predicted octanol–water partition coefficient (Wildman–Crippen LogP) is 1.35. The monoisotopic (exact) mass is 272 g/mol. The molecule has 0 spiro atoms. The van der Waals surface area contributed by atoms with Crippen molar-refractivity contribution in [1.29, 1.82) is 0 Å². The lowest BCUT2D eigenvalue weighted by Crippen LogP contribution is -2.28. The molecule has 0 aliphatic rings. The third kappa shape index (κ3) is 2.59. The summed E-state index contributed by atoms with van der Waals surface area (Å²) in [6.45, 7) is 0. The van der Waals surface area contributed by atoms with Crippen molar-refractivity contribution in [2.75, 3.05) is 11.9 Å². The first-order chi connectivity index (χ1) is 9.50. The SMILES string of the molecule is CN(C(=O)c1ccc(=O)[nH]c1)c1ccccc1C(=O)O. The molecule has 0 saturated carbocycles. The quantitative estimate of drug-likeness (QED) is 0.882. The maximum Gasteiger partial charge on any atom is 0.337 e. The Morgan fingerprint density at radius 2 is 1.85 bits per heavy atom. The average molecular weight is 272 g/mol. The van der Waals surface area contributed by atoms with Crippen LogP contribution in [0, 0.1) is 0 Å². The molecule has 0 radical (unpaired) electrons. The number of nitrogens with one attached hydrogen (secondary N) is 1. The van der Waals surface area contributed by atoms with Gasteiger partial charge in [-0.3, -0.25) is 9.59 Å². The van der Waals surface area contributed by atoms with E-state index in [0.29, 0.717) is 0 Å². The molecular weight excluding hydrogens is 260 g/mol. The Kier molecular flexibility index (Phi) is 3.65. The van der Waals surface area contributed by atoms with Crippen LogP contribution in [0.5, 0.6) is 0 Å². The van der Waals surface area contributed by atoms with Crippen LogP contribution >= 0.6 is 0 Å². The van der Waals surface area contributed by atoms with Gasteiger partial charge in [0.15, 0.2) is 0 Å². The van der Waals surface area contributed by atoms with Crippen LogP contribution in [0.2, 0.25) is 0 Å². The first kappa shape index (κ1) is 13.5. The smallest absolute Gasteiger partial charge is 0.337 e. The van der Waals surface area contributed by atoms with Gasteiger partial charge in [-0.15, -0.1) is 0 Å². The highest BCUT2D eigenvalue weighted by molar-refractivity contribution is 6.08. The summed E-state index contributed by atoms with van der Waals surface area (Å²) in [5.74, 6) is -1.52. The number of amides is 1. The summed E-state index contributed by atoms with van der Waals surface area (Å²) in [4.78, 5) is 38.0. The second-order valence-electron chi connectivity index (χ2n) is 4.13. The number of carboxylic acids is 1. The number of para-hydroxylation sites is 1. The number of pyridine rings is 1. The Hall–Kier alpha value is -2.89. The molecule has 1 aromatic carbocycles. The molecule has 0 saturated heterocycles. The molecule has 0 fully saturated rings. The maximum atomic E-state index is 12.2. The Balaban J connectivity index is 2.38. The topological polar surface area (TPSA) is 90.5 Å². The standard InChI is InChI=1S/C14H12N2O4/c1-16(11-5-3-2-4-10(11)14(19)20)13(18)9-6-7-12(17)15-8-9/h2-8H,1H3,(H,15,17)(H,19,20). The van der Waals surface area contributed by atoms with E-state index < -0.39 is 11.9 Å². The van der Waals surface area contributed by atoms with E-state index in [4.69, 9.17) is 5.11 Å². The molecule has 6 nitrogen and oxygen atoms in total. The van der Waals surface area contributed by atoms with Gasteiger partial charge in [-0.1, -0.05) is 12.1 Å². The number of anilines is 1. The van der Waals surface area contributed by atoms with E-state index in [-0.39, 0.29) is 22.4 Å². The fourth-order valence-electron chi connectivity index (χ4n) is 1.79. The van der Waals surface area contributed by atoms with Crippen molar-refractivity contribution in [2.45, 2.75) is 0 Å². The minimum absolute atomic E-state index is 0.0350. The normalized spacial score (nSPS) is 10.1. The number of aromatic amines is 1. The fraction of sp³-hybridized carbons (Fsp3) is 0.0714. The molecule has 0 aliphatic heterocycles. The third-order valence-corrected chi connectivity index (χ3v) is 2.83. The number of carbonyl (C=O) groups excluding carboxylic acids is 1. The van der Waals surface area contributed by atoms with Crippen molar-refractivity contribution in [2.24, 2.45) is 0 Å². The lowest BCUT2D eigenvalue weighted by atomic mass is 10.1. The van der Waals surface area contributed by atoms with E-state index >= 15 is 0 Å². The lowest BCUT2D eigenvalue weighted by molar-refractivity contribution is 0.0697. The minimum Gasteiger partial charge on any atom is -0.478 e. The molecular formula is C14H12N2O4. The minimum atomic E-state index is -1.11. The summed E-state index contributed by atoms with van der Waals surface area (Å²) in [7, 11) is 1.48. The number of benzene rings is 1. The van der Waals surface area contributed by atoms with Crippen LogP contribution in [0.4, 0.5) is 5.69 Å². The van der Waals surface area contributed by atoms with Crippen LogP contribution in [-0.4, -0.2) is 29.0 Å². The number of aromatic nitrogens is 1. The first-order valence-corrected chi connectivity index (χ1v) is 5.80. The third-order valence-electron chi connectivity index (χ3n) is 2.83. The van der Waals surface area contributed by atoms with E-state index in [1.165, 1.54) is 36.3 Å². The first-order valence-electron chi connectivity index (χ1n) is 5.80. The second-order valence-corrected chi connectivity index (χ2v) is 4.13. The molecule has 0 bridgehead atoms. The van der Waals surface area contributed by atoms with Crippen molar-refractivity contribution in [3.8, 4) is 0 Å². The summed E-state index contributed by atoms with van der Waals surface area (Å²) in [5, 5.41) is 9.12. The zero-order chi connectivity index (χ0) is 14.7. The maximum absolute atomic E-state index is 12.2. The number of carbonyl (C=O) groups is 2. The van der Waals surface area contributed by atoms with E-state index in [0.717, 1.165) is 0 Å². The highest BCUT2D eigenvalue weighted by atomic mass is 16.4. The second kappa shape index (κ2) is 5.40. The molecule has 1 heterocycles. The summed E-state index contributed by atoms with van der Waals surface area (Å²) in [6.07, 6.45) is 1.30. The summed E-state index contributed by atoms with van der Waals surface area (Å²) < 4.78 is 0. The number of rotatable bonds is 3. The molecule has 2 N–H and O–H groups in total. The van der Waals surface area contributed by atoms with E-state index in [1.807, 2.05) is 0 Å². The van der Waals surface area contributed by atoms with Crippen LogP contribution in [0.1, 0.15) is 20.7 Å². The van der Waals surface area contributed by atoms with Crippen LogP contribution in [-0.2, 0) is 0 Å². The molecule has 0 atom stereocenters. The van der Waals surface area contributed by atoms with Crippen LogP contribution in [0.25, 0.3) is 0 Å². The van der Waals surface area contributed by atoms with Crippen molar-refractivity contribution >= 4 is 17.6 Å². The molecule has 1 aromatic heterocycles. The number of nitrogens with zero attached hydrogens (tertiary/aromatic N) is 1. The molecule has 0 unspecified atom stereocenters. The van der Waals surface area contributed by atoms with Crippen molar-refractivity contribution in [1.82, 2.24) is 4.98 Å². The number of hydrogen-bond acceptors (Lipinski definition) is 3. The van der Waals surface area contributed by atoms with E-state index in [9.17, 15) is 14.4 Å². The van der Waals surface area contributed by atoms with E-state index in [1.54, 1.807) is 18.2 Å². The Morgan fingerprint density at radius 1 is 1.15 bits per heavy atom. The number of H-pyrrole nitrogens is 1. The van der Waals surface area contributed by atoms with Crippen molar-refractivity contribution in [3.63, 3.8) is 0 Å². The Morgan fingerprint density at radius 3 is 2.45 bits per heavy atom. The summed E-state index contributed by atoms with van der Waals surface area (Å²) >= 11 is 0. The van der Waals surface area contributed by atoms with Gasteiger partial charge in [-0.2, -0.15) is 0 Å². The Labute approximate surface area is 114 Å². The van der Waals surface area contributed by atoms with Crippen molar-refractivity contribution in [3.05, 3.63) is 64.1 Å². The van der Waals surface area contributed by atoms with Gasteiger partial charge >= 0.3 is 5.97 Å². The number of aromatic carboxylic acids is 1. The molecule has 20 heavy (non-hydrogen) atoms. The van der Waals surface area contributed by atoms with Gasteiger partial charge in [0.05, 0.1) is 16.8 Å². The van der Waals surface area contributed by atoms with Crippen LogP contribution < -0.4 is 10.5 Å². The molecule has 2 aromatic rings.